The van der Waals surface area contributed by atoms with Gasteiger partial charge in [0.2, 0.25) is 0 Å². The molecule has 1 fully saturated rings. The molecule has 1 rings (SSSR count). The number of hydrogen-bond acceptors (Lipinski definition) is 4. The Morgan fingerprint density at radius 1 is 1.41 bits per heavy atom. The number of nitrogens with zero attached hydrogens (tertiary/aromatic N) is 1. The van der Waals surface area contributed by atoms with Crippen LogP contribution >= 0.6 is 11.8 Å². The first-order chi connectivity index (χ1) is 8.17. The zero-order valence-electron chi connectivity index (χ0n) is 10.7. The van der Waals surface area contributed by atoms with Gasteiger partial charge in [-0.2, -0.15) is 11.8 Å². The highest BCUT2D eigenvalue weighted by atomic mass is 32.2. The summed E-state index contributed by atoms with van der Waals surface area (Å²) < 4.78 is 5.45. The number of carboxylic acids is 1. The molecule has 17 heavy (non-hydrogen) atoms. The lowest BCUT2D eigenvalue weighted by Crippen LogP contribution is -2.26. The molecule has 4 nitrogen and oxygen atoms in total. The van der Waals surface area contributed by atoms with Crippen molar-refractivity contribution >= 4 is 17.7 Å². The van der Waals surface area contributed by atoms with Crippen molar-refractivity contribution in [3.63, 3.8) is 0 Å². The van der Waals surface area contributed by atoms with Gasteiger partial charge in [-0.15, -0.1) is 0 Å². The number of hydrogen-bond donors (Lipinski definition) is 1. The molecular formula is C12H23NO3S. The van der Waals surface area contributed by atoms with E-state index >= 15 is 0 Å². The summed E-state index contributed by atoms with van der Waals surface area (Å²) in [6.07, 6.45) is 1.12. The number of aliphatic carboxylic acids is 1. The molecule has 1 saturated heterocycles. The van der Waals surface area contributed by atoms with E-state index in [1.165, 1.54) is 0 Å². The second-order valence-electron chi connectivity index (χ2n) is 4.26. The molecule has 5 heteroatoms. The van der Waals surface area contributed by atoms with Crippen LogP contribution < -0.4 is 0 Å². The molecular weight excluding hydrogens is 238 g/mol. The van der Waals surface area contributed by atoms with E-state index in [4.69, 9.17) is 9.84 Å². The third kappa shape index (κ3) is 5.27. The fourth-order valence-electron chi connectivity index (χ4n) is 1.96. The van der Waals surface area contributed by atoms with Gasteiger partial charge in [0.25, 0.3) is 0 Å². The van der Waals surface area contributed by atoms with Crippen molar-refractivity contribution in [3.05, 3.63) is 0 Å². The van der Waals surface area contributed by atoms with Crippen LogP contribution in [0.4, 0.5) is 0 Å². The van der Waals surface area contributed by atoms with Crippen LogP contribution in [0.2, 0.25) is 0 Å². The minimum atomic E-state index is -0.819. The molecule has 0 amide bonds. The Morgan fingerprint density at radius 3 is 2.65 bits per heavy atom. The largest absolute Gasteiger partial charge is 0.479 e. The summed E-state index contributed by atoms with van der Waals surface area (Å²) in [6.45, 7) is 7.64. The normalized spacial score (nSPS) is 24.4. The van der Waals surface area contributed by atoms with Crippen molar-refractivity contribution in [2.24, 2.45) is 0 Å². The van der Waals surface area contributed by atoms with Crippen LogP contribution in [-0.4, -0.2) is 59.3 Å². The van der Waals surface area contributed by atoms with Crippen LogP contribution in [0.3, 0.4) is 0 Å². The number of ether oxygens (including phenoxy) is 1. The minimum absolute atomic E-state index is 0.137. The van der Waals surface area contributed by atoms with Gasteiger partial charge in [-0.1, -0.05) is 13.8 Å². The summed E-state index contributed by atoms with van der Waals surface area (Å²) >= 11 is 1.86. The summed E-state index contributed by atoms with van der Waals surface area (Å²) in [5.41, 5.74) is 0. The molecule has 0 radical (unpaired) electrons. The molecule has 0 aromatic carbocycles. The molecule has 2 atom stereocenters. The Balaban J connectivity index is 2.06. The van der Waals surface area contributed by atoms with Gasteiger partial charge < -0.3 is 14.7 Å². The number of carbonyl (C=O) groups is 1. The van der Waals surface area contributed by atoms with E-state index in [1.54, 1.807) is 0 Å². The van der Waals surface area contributed by atoms with Crippen molar-refractivity contribution in [3.8, 4) is 0 Å². The van der Waals surface area contributed by atoms with E-state index in [0.29, 0.717) is 6.42 Å². The zero-order valence-corrected chi connectivity index (χ0v) is 11.5. The van der Waals surface area contributed by atoms with Crippen molar-refractivity contribution in [2.75, 3.05) is 31.1 Å². The topological polar surface area (TPSA) is 49.8 Å². The van der Waals surface area contributed by atoms with E-state index in [2.05, 4.69) is 18.7 Å². The second kappa shape index (κ2) is 7.95. The van der Waals surface area contributed by atoms with E-state index in [0.717, 1.165) is 37.6 Å². The standard InChI is InChI=1S/C12H23NO3S/c1-3-13(4-2)7-8-17-9-10-5-6-11(16-10)12(14)15/h10-11H,3-9H2,1-2H3,(H,14,15). The first-order valence-corrected chi connectivity index (χ1v) is 7.51. The Kier molecular flexibility index (Phi) is 6.92. The average molecular weight is 261 g/mol. The lowest BCUT2D eigenvalue weighted by molar-refractivity contribution is -0.148. The maximum absolute atomic E-state index is 10.7. The van der Waals surface area contributed by atoms with Gasteiger partial charge in [0, 0.05) is 18.1 Å². The molecule has 2 unspecified atom stereocenters. The molecule has 0 saturated carbocycles. The third-order valence-corrected chi connectivity index (χ3v) is 4.21. The highest BCUT2D eigenvalue weighted by Crippen LogP contribution is 2.22. The van der Waals surface area contributed by atoms with Crippen molar-refractivity contribution in [2.45, 2.75) is 38.9 Å². The molecule has 100 valence electrons. The molecule has 0 bridgehead atoms. The first-order valence-electron chi connectivity index (χ1n) is 6.35. The van der Waals surface area contributed by atoms with Crippen LogP contribution in [0.5, 0.6) is 0 Å². The predicted molar refractivity (Wildman–Crippen MR) is 70.6 cm³/mol. The molecule has 1 N–H and O–H groups in total. The van der Waals surface area contributed by atoms with E-state index < -0.39 is 12.1 Å². The van der Waals surface area contributed by atoms with Crippen LogP contribution in [-0.2, 0) is 9.53 Å². The van der Waals surface area contributed by atoms with Gasteiger partial charge in [0.15, 0.2) is 6.10 Å². The summed E-state index contributed by atoms with van der Waals surface area (Å²) in [7, 11) is 0. The van der Waals surface area contributed by atoms with Gasteiger partial charge in [0.05, 0.1) is 6.10 Å². The molecule has 0 aliphatic carbocycles. The van der Waals surface area contributed by atoms with Crippen molar-refractivity contribution in [1.29, 1.82) is 0 Å². The van der Waals surface area contributed by atoms with Gasteiger partial charge in [-0.05, 0) is 25.9 Å². The van der Waals surface area contributed by atoms with Gasteiger partial charge in [-0.25, -0.2) is 4.79 Å². The van der Waals surface area contributed by atoms with E-state index in [1.807, 2.05) is 11.8 Å². The Labute approximate surface area is 108 Å². The van der Waals surface area contributed by atoms with Crippen molar-refractivity contribution < 1.29 is 14.6 Å². The highest BCUT2D eigenvalue weighted by Gasteiger charge is 2.29. The quantitative estimate of drug-likeness (QED) is 0.674. The Morgan fingerprint density at radius 2 is 2.12 bits per heavy atom. The number of carboxylic acid groups (broad SMARTS) is 1. The highest BCUT2D eigenvalue weighted by molar-refractivity contribution is 7.99. The van der Waals surface area contributed by atoms with Gasteiger partial charge in [-0.3, -0.25) is 0 Å². The monoisotopic (exact) mass is 261 g/mol. The summed E-state index contributed by atoms with van der Waals surface area (Å²) in [5.74, 6) is 1.20. The van der Waals surface area contributed by atoms with Crippen LogP contribution in [0.1, 0.15) is 26.7 Å². The summed E-state index contributed by atoms with van der Waals surface area (Å²) in [4.78, 5) is 13.1. The number of thioether (sulfide) groups is 1. The fourth-order valence-corrected chi connectivity index (χ4v) is 3.02. The van der Waals surface area contributed by atoms with Crippen molar-refractivity contribution in [1.82, 2.24) is 4.90 Å². The van der Waals surface area contributed by atoms with E-state index in [9.17, 15) is 4.79 Å². The Hall–Kier alpha value is -0.260. The molecule has 1 aliphatic rings. The Bertz CT molecular complexity index is 234. The molecule has 0 aromatic rings. The summed E-state index contributed by atoms with van der Waals surface area (Å²) in [6, 6.07) is 0. The minimum Gasteiger partial charge on any atom is -0.479 e. The zero-order chi connectivity index (χ0) is 12.7. The molecule has 0 spiro atoms. The lowest BCUT2D eigenvalue weighted by atomic mass is 10.2. The maximum Gasteiger partial charge on any atom is 0.332 e. The predicted octanol–water partition coefficient (Wildman–Crippen LogP) is 1.69. The van der Waals surface area contributed by atoms with E-state index in [-0.39, 0.29) is 6.10 Å². The van der Waals surface area contributed by atoms with Crippen LogP contribution in [0, 0.1) is 0 Å². The molecule has 1 aliphatic heterocycles. The SMILES string of the molecule is CCN(CC)CCSCC1CCC(C(=O)O)O1. The fraction of sp³-hybridized carbons (Fsp3) is 0.917. The third-order valence-electron chi connectivity index (χ3n) is 3.13. The summed E-state index contributed by atoms with van der Waals surface area (Å²) in [5, 5.41) is 8.80. The van der Waals surface area contributed by atoms with Gasteiger partial charge in [0.1, 0.15) is 0 Å². The maximum atomic E-state index is 10.7. The first kappa shape index (κ1) is 14.8. The molecule has 1 heterocycles. The average Bonchev–Trinajstić information content (AvgIpc) is 2.78. The van der Waals surface area contributed by atoms with Crippen LogP contribution in [0.25, 0.3) is 0 Å². The molecule has 0 aromatic heterocycles. The van der Waals surface area contributed by atoms with Gasteiger partial charge >= 0.3 is 5.97 Å². The lowest BCUT2D eigenvalue weighted by Gasteiger charge is -2.18. The second-order valence-corrected chi connectivity index (χ2v) is 5.41. The number of rotatable bonds is 8. The smallest absolute Gasteiger partial charge is 0.332 e. The van der Waals surface area contributed by atoms with Crippen LogP contribution in [0.15, 0.2) is 0 Å².